The second kappa shape index (κ2) is 8.51. The maximum Gasteiger partial charge on any atom is 0.338 e. The zero-order valence-electron chi connectivity index (χ0n) is 15.9. The quantitative estimate of drug-likeness (QED) is 0.333. The number of ether oxygens (including phenoxy) is 1. The van der Waals surface area contributed by atoms with Crippen molar-refractivity contribution < 1.29 is 31.5 Å². The molecule has 156 valence electrons. The molecule has 0 amide bonds. The van der Waals surface area contributed by atoms with Crippen molar-refractivity contribution in [3.63, 3.8) is 0 Å². The van der Waals surface area contributed by atoms with E-state index in [2.05, 4.69) is 0 Å². The number of benzene rings is 2. The van der Waals surface area contributed by atoms with Crippen LogP contribution in [-0.2, 0) is 4.74 Å². The predicted octanol–water partition coefficient (Wildman–Crippen LogP) is 6.18. The number of hydrogen-bond donors (Lipinski definition) is 0. The second-order valence-corrected chi connectivity index (χ2v) is 7.66. The molecule has 3 rings (SSSR count). The van der Waals surface area contributed by atoms with Crippen molar-refractivity contribution in [2.75, 3.05) is 6.61 Å². The Morgan fingerprint density at radius 2 is 1.72 bits per heavy atom. The zero-order valence-corrected chi connectivity index (χ0v) is 15.9. The van der Waals surface area contributed by atoms with Crippen LogP contribution in [0.25, 0.3) is 11.1 Å². The van der Waals surface area contributed by atoms with E-state index >= 15 is 0 Å². The lowest BCUT2D eigenvalue weighted by molar-refractivity contribution is 0.0179. The van der Waals surface area contributed by atoms with E-state index < -0.39 is 41.9 Å². The Morgan fingerprint density at radius 1 is 1.14 bits per heavy atom. The monoisotopic (exact) mass is 412 g/mol. The van der Waals surface area contributed by atoms with Crippen LogP contribution in [-0.4, -0.2) is 24.4 Å². The molecule has 29 heavy (non-hydrogen) atoms. The summed E-state index contributed by atoms with van der Waals surface area (Å²) in [5, 5.41) is 0. The van der Waals surface area contributed by atoms with Gasteiger partial charge in [0.15, 0.2) is 17.5 Å². The lowest BCUT2D eigenvalue weighted by atomic mass is 9.79. The van der Waals surface area contributed by atoms with Gasteiger partial charge in [0.2, 0.25) is 0 Å². The van der Waals surface area contributed by atoms with Gasteiger partial charge in [-0.2, -0.15) is 0 Å². The van der Waals surface area contributed by atoms with E-state index in [9.17, 15) is 26.7 Å². The van der Waals surface area contributed by atoms with E-state index in [-0.39, 0.29) is 35.4 Å². The smallest absolute Gasteiger partial charge is 0.338 e. The molecule has 7 heteroatoms. The average Bonchev–Trinajstić information content (AvgIpc) is 2.69. The minimum absolute atomic E-state index is 0.0231. The van der Waals surface area contributed by atoms with Crippen molar-refractivity contribution in [2.45, 2.75) is 44.4 Å². The normalized spacial score (nSPS) is 22.9. The molecule has 0 N–H and O–H groups in total. The van der Waals surface area contributed by atoms with Crippen LogP contribution in [0.2, 0.25) is 0 Å². The molecule has 1 unspecified atom stereocenters. The largest absolute Gasteiger partial charge is 0.459 e. The molecule has 1 saturated carbocycles. The fraction of sp³-hybridized carbons (Fsp3) is 0.409. The van der Waals surface area contributed by atoms with Crippen molar-refractivity contribution in [3.05, 3.63) is 59.4 Å². The summed E-state index contributed by atoms with van der Waals surface area (Å²) >= 11 is 0. The molecular formula is C22H21F5O2. The van der Waals surface area contributed by atoms with Gasteiger partial charge in [-0.1, -0.05) is 18.2 Å². The van der Waals surface area contributed by atoms with Crippen LogP contribution in [0.3, 0.4) is 0 Å². The van der Waals surface area contributed by atoms with Gasteiger partial charge in [-0.05, 0) is 67.9 Å². The Morgan fingerprint density at radius 3 is 2.34 bits per heavy atom. The van der Waals surface area contributed by atoms with E-state index in [1.54, 1.807) is 6.07 Å². The predicted molar refractivity (Wildman–Crippen MR) is 98.4 cm³/mol. The van der Waals surface area contributed by atoms with E-state index in [0.29, 0.717) is 12.8 Å². The molecule has 0 saturated heterocycles. The Kier molecular flexibility index (Phi) is 6.24. The van der Waals surface area contributed by atoms with Crippen LogP contribution in [0.4, 0.5) is 22.0 Å². The van der Waals surface area contributed by atoms with E-state index in [1.807, 2.05) is 0 Å². The van der Waals surface area contributed by atoms with E-state index in [0.717, 1.165) is 12.1 Å². The Hall–Kier alpha value is -2.44. The summed E-state index contributed by atoms with van der Waals surface area (Å²) in [4.78, 5) is 12.5. The summed E-state index contributed by atoms with van der Waals surface area (Å²) in [6.07, 6.45) is -0.164. The van der Waals surface area contributed by atoms with Crippen molar-refractivity contribution in [3.8, 4) is 11.1 Å². The highest BCUT2D eigenvalue weighted by molar-refractivity contribution is 5.97. The van der Waals surface area contributed by atoms with Gasteiger partial charge in [0.25, 0.3) is 0 Å². The maximum atomic E-state index is 14.4. The fourth-order valence-electron chi connectivity index (χ4n) is 3.60. The Balaban J connectivity index is 1.71. The molecule has 0 aromatic heterocycles. The molecular weight excluding hydrogens is 391 g/mol. The van der Waals surface area contributed by atoms with Gasteiger partial charge in [-0.3, -0.25) is 0 Å². The Bertz CT molecular complexity index is 864. The van der Waals surface area contributed by atoms with Crippen LogP contribution in [0.5, 0.6) is 0 Å². The molecule has 2 aromatic rings. The molecule has 2 aromatic carbocycles. The van der Waals surface area contributed by atoms with E-state index in [1.165, 1.54) is 25.1 Å². The number of hydrogen-bond acceptors (Lipinski definition) is 2. The van der Waals surface area contributed by atoms with Crippen molar-refractivity contribution >= 4 is 5.97 Å². The highest BCUT2D eigenvalue weighted by Gasteiger charge is 2.35. The summed E-state index contributed by atoms with van der Waals surface area (Å²) in [5.41, 5.74) is -1.21. The molecule has 1 aliphatic carbocycles. The lowest BCUT2D eigenvalue weighted by Gasteiger charge is -2.32. The van der Waals surface area contributed by atoms with Gasteiger partial charge in [-0.25, -0.2) is 26.7 Å². The summed E-state index contributed by atoms with van der Waals surface area (Å²) < 4.78 is 73.7. The molecule has 0 aliphatic heterocycles. The van der Waals surface area contributed by atoms with Gasteiger partial charge in [0.1, 0.15) is 18.4 Å². The van der Waals surface area contributed by atoms with Crippen molar-refractivity contribution in [2.24, 2.45) is 5.92 Å². The fourth-order valence-corrected chi connectivity index (χ4v) is 3.60. The van der Waals surface area contributed by atoms with Crippen molar-refractivity contribution in [1.82, 2.24) is 0 Å². The SMILES string of the molecule is CC1(F)CCC(C(F)COC(=O)c2ccccc2-c2cc(F)c(F)c(F)c2)CC1. The van der Waals surface area contributed by atoms with Gasteiger partial charge in [-0.15, -0.1) is 0 Å². The van der Waals surface area contributed by atoms with Gasteiger partial charge in [0.05, 0.1) is 5.56 Å². The van der Waals surface area contributed by atoms with Crippen LogP contribution in [0.1, 0.15) is 43.0 Å². The first kappa shape index (κ1) is 21.3. The van der Waals surface area contributed by atoms with Crippen LogP contribution < -0.4 is 0 Å². The van der Waals surface area contributed by atoms with E-state index in [4.69, 9.17) is 4.74 Å². The summed E-state index contributed by atoms with van der Waals surface area (Å²) in [6.45, 7) is 1.00. The van der Waals surface area contributed by atoms with Gasteiger partial charge in [0, 0.05) is 0 Å². The minimum Gasteiger partial charge on any atom is -0.459 e. The van der Waals surface area contributed by atoms with Crippen LogP contribution in [0.15, 0.2) is 36.4 Å². The number of alkyl halides is 2. The Labute approximate surface area is 165 Å². The number of esters is 1. The van der Waals surface area contributed by atoms with Crippen molar-refractivity contribution in [1.29, 1.82) is 0 Å². The highest BCUT2D eigenvalue weighted by Crippen LogP contribution is 2.37. The first-order valence-corrected chi connectivity index (χ1v) is 9.42. The second-order valence-electron chi connectivity index (χ2n) is 7.66. The highest BCUT2D eigenvalue weighted by atomic mass is 19.2. The maximum absolute atomic E-state index is 14.4. The number of rotatable bonds is 5. The number of carbonyl (C=O) groups excluding carboxylic acids is 1. The third-order valence-electron chi connectivity index (χ3n) is 5.40. The molecule has 0 bridgehead atoms. The first-order chi connectivity index (χ1) is 13.7. The standard InChI is InChI=1S/C22H21F5O2/c1-22(27)8-6-13(7-9-22)19(25)12-29-21(28)16-5-3-2-4-15(16)14-10-17(23)20(26)18(24)11-14/h2-5,10-11,13,19H,6-9,12H2,1H3. The summed E-state index contributed by atoms with van der Waals surface area (Å²) in [7, 11) is 0. The molecule has 0 radical (unpaired) electrons. The van der Waals surface area contributed by atoms with Crippen LogP contribution in [0, 0.1) is 23.4 Å². The lowest BCUT2D eigenvalue weighted by Crippen LogP contribution is -2.32. The minimum atomic E-state index is -1.61. The van der Waals surface area contributed by atoms with Gasteiger partial charge >= 0.3 is 5.97 Å². The third kappa shape index (κ3) is 4.95. The molecule has 0 spiro atoms. The molecule has 1 atom stereocenters. The molecule has 2 nitrogen and oxygen atoms in total. The summed E-state index contributed by atoms with van der Waals surface area (Å²) in [5.74, 6) is -5.62. The van der Waals surface area contributed by atoms with Gasteiger partial charge < -0.3 is 4.74 Å². The number of halogens is 5. The van der Waals surface area contributed by atoms with Crippen LogP contribution >= 0.6 is 0 Å². The third-order valence-corrected chi connectivity index (χ3v) is 5.40. The number of carbonyl (C=O) groups is 1. The molecule has 0 heterocycles. The molecule has 1 aliphatic rings. The average molecular weight is 412 g/mol. The molecule has 1 fully saturated rings. The topological polar surface area (TPSA) is 26.3 Å². The summed E-state index contributed by atoms with van der Waals surface area (Å²) in [6, 6.07) is 7.42. The zero-order chi connectivity index (χ0) is 21.2. The first-order valence-electron chi connectivity index (χ1n) is 9.42.